The van der Waals surface area contributed by atoms with Crippen LogP contribution in [0.15, 0.2) is 42.5 Å². The van der Waals surface area contributed by atoms with Crippen LogP contribution in [0.2, 0.25) is 0 Å². The Kier molecular flexibility index (Phi) is 8.76. The summed E-state index contributed by atoms with van der Waals surface area (Å²) in [4.78, 5) is 24.0. The summed E-state index contributed by atoms with van der Waals surface area (Å²) < 4.78 is 17.3. The molecule has 0 saturated heterocycles. The molecule has 0 atom stereocenters. The van der Waals surface area contributed by atoms with Gasteiger partial charge in [0, 0.05) is 9.26 Å². The molecule has 0 aliphatic rings. The summed E-state index contributed by atoms with van der Waals surface area (Å²) in [5.74, 6) is 0.936. The highest BCUT2D eigenvalue weighted by Crippen LogP contribution is 2.28. The number of carbonyl (C=O) groups excluding carboxylic acids is 2. The maximum atomic E-state index is 12.3. The minimum absolute atomic E-state index is 0.116. The summed E-state index contributed by atoms with van der Waals surface area (Å²) in [5.41, 5.74) is 1.01. The minimum atomic E-state index is -0.546. The Bertz CT molecular complexity index is 880. The third kappa shape index (κ3) is 8.48. The number of hydrogen-bond acceptors (Lipinski definition) is 5. The number of hydrogen-bond donors (Lipinski definition) is 2. The van der Waals surface area contributed by atoms with Gasteiger partial charge in [-0.05, 0) is 79.3 Å². The van der Waals surface area contributed by atoms with E-state index in [0.717, 1.165) is 14.8 Å². The van der Waals surface area contributed by atoms with Crippen molar-refractivity contribution in [3.63, 3.8) is 0 Å². The van der Waals surface area contributed by atoms with Crippen LogP contribution in [0.5, 0.6) is 11.5 Å². The zero-order valence-corrected chi connectivity index (χ0v) is 19.7. The molecule has 2 rings (SSSR count). The molecule has 30 heavy (non-hydrogen) atoms. The molecule has 2 aromatic rings. The van der Waals surface area contributed by atoms with Crippen LogP contribution in [0, 0.1) is 3.57 Å². The van der Waals surface area contributed by atoms with Crippen LogP contribution in [0.25, 0.3) is 0 Å². The van der Waals surface area contributed by atoms with Gasteiger partial charge in [-0.2, -0.15) is 0 Å². The number of carbonyl (C=O) groups is 2. The van der Waals surface area contributed by atoms with Gasteiger partial charge in [-0.1, -0.05) is 12.1 Å². The van der Waals surface area contributed by atoms with Crippen LogP contribution >= 0.6 is 22.6 Å². The highest BCUT2D eigenvalue weighted by molar-refractivity contribution is 14.1. The predicted octanol–water partition coefficient (Wildman–Crippen LogP) is 4.38. The molecule has 2 aromatic carbocycles. The van der Waals surface area contributed by atoms with Crippen molar-refractivity contribution in [3.05, 3.63) is 51.6 Å². The quantitative estimate of drug-likeness (QED) is 0.394. The smallest absolute Gasteiger partial charge is 0.407 e. The van der Waals surface area contributed by atoms with E-state index in [1.165, 1.54) is 7.11 Å². The van der Waals surface area contributed by atoms with E-state index in [1.807, 2.05) is 30.3 Å². The van der Waals surface area contributed by atoms with E-state index >= 15 is 0 Å². The normalized spacial score (nSPS) is 10.8. The van der Waals surface area contributed by atoms with Gasteiger partial charge >= 0.3 is 6.09 Å². The van der Waals surface area contributed by atoms with E-state index < -0.39 is 11.7 Å². The van der Waals surface area contributed by atoms with Gasteiger partial charge in [0.2, 0.25) is 5.91 Å². The number of ether oxygens (including phenoxy) is 3. The molecule has 0 radical (unpaired) electrons. The Hall–Kier alpha value is -2.49. The predicted molar refractivity (Wildman–Crippen MR) is 124 cm³/mol. The number of rotatable bonds is 8. The Labute approximate surface area is 190 Å². The van der Waals surface area contributed by atoms with Crippen molar-refractivity contribution < 1.29 is 23.8 Å². The Morgan fingerprint density at radius 1 is 1.07 bits per heavy atom. The Morgan fingerprint density at radius 3 is 2.50 bits per heavy atom. The van der Waals surface area contributed by atoms with Crippen molar-refractivity contribution in [3.8, 4) is 11.5 Å². The van der Waals surface area contributed by atoms with Crippen LogP contribution < -0.4 is 20.1 Å². The van der Waals surface area contributed by atoms with Crippen LogP contribution in [0.1, 0.15) is 26.3 Å². The van der Waals surface area contributed by atoms with Gasteiger partial charge in [0.25, 0.3) is 0 Å². The van der Waals surface area contributed by atoms with E-state index in [2.05, 4.69) is 33.2 Å². The second-order valence-corrected chi connectivity index (χ2v) is 8.74. The minimum Gasteiger partial charge on any atom is -0.493 e. The van der Waals surface area contributed by atoms with Crippen molar-refractivity contribution in [1.29, 1.82) is 0 Å². The molecule has 0 bridgehead atoms. The Balaban J connectivity index is 1.86. The summed E-state index contributed by atoms with van der Waals surface area (Å²) in [7, 11) is 1.54. The second-order valence-electron chi connectivity index (χ2n) is 7.50. The maximum Gasteiger partial charge on any atom is 0.407 e. The summed E-state index contributed by atoms with van der Waals surface area (Å²) >= 11 is 2.20. The lowest BCUT2D eigenvalue weighted by Crippen LogP contribution is -2.34. The summed E-state index contributed by atoms with van der Waals surface area (Å²) in [6.07, 6.45) is -0.282. The Morgan fingerprint density at radius 2 is 1.83 bits per heavy atom. The number of benzene rings is 2. The van der Waals surface area contributed by atoms with Gasteiger partial charge in [0.15, 0.2) is 11.5 Å². The van der Waals surface area contributed by atoms with E-state index in [4.69, 9.17) is 14.2 Å². The van der Waals surface area contributed by atoms with Crippen LogP contribution in [0.4, 0.5) is 10.5 Å². The third-order valence-corrected chi connectivity index (χ3v) is 4.40. The van der Waals surface area contributed by atoms with E-state index in [1.54, 1.807) is 32.9 Å². The van der Waals surface area contributed by atoms with Crippen molar-refractivity contribution in [2.75, 3.05) is 25.6 Å². The summed E-state index contributed by atoms with van der Waals surface area (Å²) in [6, 6.07) is 12.9. The standard InChI is InChI=1S/C22H27IN2O5/c1-22(2,3)30-21(27)24-10-11-29-18-9-8-15(12-19(18)28-4)13-20(26)25-17-7-5-6-16(23)14-17/h5-9,12,14H,10-11,13H2,1-4H3,(H,24,27)(H,25,26). The molecule has 0 unspecified atom stereocenters. The fourth-order valence-electron chi connectivity index (χ4n) is 2.53. The molecule has 162 valence electrons. The first-order chi connectivity index (χ1) is 14.2. The SMILES string of the molecule is COc1cc(CC(=O)Nc2cccc(I)c2)ccc1OCCNC(=O)OC(C)(C)C. The molecule has 2 N–H and O–H groups in total. The highest BCUT2D eigenvalue weighted by Gasteiger charge is 2.15. The van der Waals surface area contributed by atoms with Crippen molar-refractivity contribution in [2.45, 2.75) is 32.8 Å². The van der Waals surface area contributed by atoms with E-state index in [-0.39, 0.29) is 25.5 Å². The zero-order valence-electron chi connectivity index (χ0n) is 17.6. The number of methoxy groups -OCH3 is 1. The van der Waals surface area contributed by atoms with Crippen molar-refractivity contribution in [1.82, 2.24) is 5.32 Å². The van der Waals surface area contributed by atoms with Crippen LogP contribution in [0.3, 0.4) is 0 Å². The first-order valence-corrected chi connectivity index (χ1v) is 10.6. The number of amides is 2. The third-order valence-electron chi connectivity index (χ3n) is 3.73. The lowest BCUT2D eigenvalue weighted by molar-refractivity contribution is -0.115. The molecule has 2 amide bonds. The second kappa shape index (κ2) is 11.1. The van der Waals surface area contributed by atoms with Crippen LogP contribution in [-0.2, 0) is 16.0 Å². The van der Waals surface area contributed by atoms with Gasteiger partial charge in [-0.25, -0.2) is 4.79 Å². The van der Waals surface area contributed by atoms with Crippen LogP contribution in [-0.4, -0.2) is 37.9 Å². The molecule has 0 heterocycles. The zero-order chi connectivity index (χ0) is 22.1. The molecule has 0 aliphatic heterocycles. The monoisotopic (exact) mass is 526 g/mol. The molecule has 0 aliphatic carbocycles. The first kappa shape index (κ1) is 23.8. The number of nitrogens with one attached hydrogen (secondary N) is 2. The molecule has 8 heteroatoms. The summed E-state index contributed by atoms with van der Waals surface area (Å²) in [5, 5.41) is 5.52. The fraction of sp³-hybridized carbons (Fsp3) is 0.364. The number of anilines is 1. The van der Waals surface area contributed by atoms with Crippen molar-refractivity contribution in [2.24, 2.45) is 0 Å². The molecule has 0 fully saturated rings. The maximum absolute atomic E-state index is 12.3. The lowest BCUT2D eigenvalue weighted by Gasteiger charge is -2.19. The topological polar surface area (TPSA) is 85.9 Å². The van der Waals surface area contributed by atoms with E-state index in [0.29, 0.717) is 11.5 Å². The average molecular weight is 526 g/mol. The fourth-order valence-corrected chi connectivity index (χ4v) is 3.07. The lowest BCUT2D eigenvalue weighted by atomic mass is 10.1. The van der Waals surface area contributed by atoms with Gasteiger partial charge in [-0.3, -0.25) is 4.79 Å². The highest BCUT2D eigenvalue weighted by atomic mass is 127. The largest absolute Gasteiger partial charge is 0.493 e. The van der Waals surface area contributed by atoms with Gasteiger partial charge in [-0.15, -0.1) is 0 Å². The van der Waals surface area contributed by atoms with Gasteiger partial charge < -0.3 is 24.8 Å². The average Bonchev–Trinajstić information content (AvgIpc) is 2.64. The molecule has 0 aromatic heterocycles. The molecule has 7 nitrogen and oxygen atoms in total. The van der Waals surface area contributed by atoms with Gasteiger partial charge in [0.1, 0.15) is 12.2 Å². The summed E-state index contributed by atoms with van der Waals surface area (Å²) in [6.45, 7) is 5.95. The number of halogens is 1. The molecule has 0 saturated carbocycles. The molecule has 0 spiro atoms. The van der Waals surface area contributed by atoms with Crippen molar-refractivity contribution >= 4 is 40.3 Å². The van der Waals surface area contributed by atoms with E-state index in [9.17, 15) is 9.59 Å². The number of alkyl carbamates (subject to hydrolysis) is 1. The molecular weight excluding hydrogens is 499 g/mol. The van der Waals surface area contributed by atoms with Gasteiger partial charge in [0.05, 0.1) is 20.1 Å². The molecular formula is C22H27IN2O5. The first-order valence-electron chi connectivity index (χ1n) is 9.48.